The SMILES string of the molecule is CC(C)CC(CO)NCc1cc(Cl)cc2c1OCC2. The van der Waals surface area contributed by atoms with E-state index in [1.807, 2.05) is 12.1 Å². The molecule has 0 bridgehead atoms. The summed E-state index contributed by atoms with van der Waals surface area (Å²) in [7, 11) is 0. The lowest BCUT2D eigenvalue weighted by atomic mass is 10.0. The van der Waals surface area contributed by atoms with Gasteiger partial charge in [0.05, 0.1) is 13.2 Å². The molecule has 2 N–H and O–H groups in total. The molecule has 0 amide bonds. The van der Waals surface area contributed by atoms with Crippen molar-refractivity contribution in [1.29, 1.82) is 0 Å². The number of fused-ring (bicyclic) bond motifs is 1. The fraction of sp³-hybridized carbons (Fsp3) is 0.600. The van der Waals surface area contributed by atoms with Crippen molar-refractivity contribution in [1.82, 2.24) is 5.32 Å². The van der Waals surface area contributed by atoms with Gasteiger partial charge in [-0.1, -0.05) is 25.4 Å². The maximum absolute atomic E-state index is 9.38. The second kappa shape index (κ2) is 6.60. The van der Waals surface area contributed by atoms with Crippen molar-refractivity contribution in [2.24, 2.45) is 5.92 Å². The molecule has 0 aromatic heterocycles. The van der Waals surface area contributed by atoms with E-state index in [0.717, 1.165) is 35.8 Å². The number of ether oxygens (including phenoxy) is 1. The Balaban J connectivity index is 2.03. The van der Waals surface area contributed by atoms with E-state index in [4.69, 9.17) is 16.3 Å². The Morgan fingerprint density at radius 2 is 2.21 bits per heavy atom. The smallest absolute Gasteiger partial charge is 0.127 e. The van der Waals surface area contributed by atoms with Crippen LogP contribution in [0.5, 0.6) is 5.75 Å². The molecule has 0 fully saturated rings. The molecular formula is C15H22ClNO2. The maximum atomic E-state index is 9.38. The summed E-state index contributed by atoms with van der Waals surface area (Å²) in [5.41, 5.74) is 2.27. The highest BCUT2D eigenvalue weighted by atomic mass is 35.5. The zero-order valence-corrected chi connectivity index (χ0v) is 12.3. The highest BCUT2D eigenvalue weighted by Crippen LogP contribution is 2.32. The van der Waals surface area contributed by atoms with Crippen LogP contribution < -0.4 is 10.1 Å². The van der Waals surface area contributed by atoms with Crippen LogP contribution in [0.4, 0.5) is 0 Å². The Hall–Kier alpha value is -0.770. The van der Waals surface area contributed by atoms with Crippen LogP contribution in [0.2, 0.25) is 5.02 Å². The molecule has 1 aromatic rings. The number of benzene rings is 1. The molecule has 0 spiro atoms. The van der Waals surface area contributed by atoms with Gasteiger partial charge in [-0.05, 0) is 30.0 Å². The molecule has 0 aliphatic carbocycles. The monoisotopic (exact) mass is 283 g/mol. The van der Waals surface area contributed by atoms with Crippen LogP contribution in [0.15, 0.2) is 12.1 Å². The van der Waals surface area contributed by atoms with Gasteiger partial charge in [-0.3, -0.25) is 0 Å². The summed E-state index contributed by atoms with van der Waals surface area (Å²) >= 11 is 6.13. The van der Waals surface area contributed by atoms with Gasteiger partial charge in [-0.15, -0.1) is 0 Å². The molecule has 3 nitrogen and oxygen atoms in total. The van der Waals surface area contributed by atoms with Gasteiger partial charge in [0.25, 0.3) is 0 Å². The molecular weight excluding hydrogens is 262 g/mol. The van der Waals surface area contributed by atoms with Gasteiger partial charge in [-0.2, -0.15) is 0 Å². The topological polar surface area (TPSA) is 41.5 Å². The normalized spacial score (nSPS) is 15.4. The van der Waals surface area contributed by atoms with Crippen molar-refractivity contribution >= 4 is 11.6 Å². The largest absolute Gasteiger partial charge is 0.493 e. The number of aliphatic hydroxyl groups is 1. The van der Waals surface area contributed by atoms with Crippen LogP contribution in [0.3, 0.4) is 0 Å². The van der Waals surface area contributed by atoms with Gasteiger partial charge < -0.3 is 15.2 Å². The lowest BCUT2D eigenvalue weighted by Crippen LogP contribution is -2.33. The van der Waals surface area contributed by atoms with Crippen LogP contribution in [-0.2, 0) is 13.0 Å². The van der Waals surface area contributed by atoms with Gasteiger partial charge >= 0.3 is 0 Å². The molecule has 1 heterocycles. The van der Waals surface area contributed by atoms with E-state index in [-0.39, 0.29) is 12.6 Å². The van der Waals surface area contributed by atoms with Crippen LogP contribution in [0.1, 0.15) is 31.4 Å². The quantitative estimate of drug-likeness (QED) is 0.843. The third kappa shape index (κ3) is 3.85. The summed E-state index contributed by atoms with van der Waals surface area (Å²) in [5, 5.41) is 13.5. The molecule has 0 radical (unpaired) electrons. The minimum atomic E-state index is 0.121. The van der Waals surface area contributed by atoms with Crippen LogP contribution >= 0.6 is 11.6 Å². The Bertz CT molecular complexity index is 434. The summed E-state index contributed by atoms with van der Waals surface area (Å²) in [6.45, 7) is 5.88. The average molecular weight is 284 g/mol. The first-order valence-electron chi connectivity index (χ1n) is 6.88. The van der Waals surface area contributed by atoms with Crippen LogP contribution in [0.25, 0.3) is 0 Å². The number of nitrogens with one attached hydrogen (secondary N) is 1. The van der Waals surface area contributed by atoms with E-state index < -0.39 is 0 Å². The van der Waals surface area contributed by atoms with Gasteiger partial charge in [0.15, 0.2) is 0 Å². The first kappa shape index (κ1) is 14.6. The van der Waals surface area contributed by atoms with Crippen LogP contribution in [0, 0.1) is 5.92 Å². The molecule has 1 aliphatic rings. The van der Waals surface area contributed by atoms with Gasteiger partial charge in [0, 0.05) is 29.6 Å². The highest BCUT2D eigenvalue weighted by molar-refractivity contribution is 6.30. The number of hydrogen-bond acceptors (Lipinski definition) is 3. The maximum Gasteiger partial charge on any atom is 0.127 e. The van der Waals surface area contributed by atoms with Crippen molar-refractivity contribution in [3.63, 3.8) is 0 Å². The summed E-state index contributed by atoms with van der Waals surface area (Å²) in [6, 6.07) is 4.05. The summed E-state index contributed by atoms with van der Waals surface area (Å²) in [4.78, 5) is 0. The van der Waals surface area contributed by atoms with E-state index >= 15 is 0 Å². The molecule has 1 aromatic carbocycles. The third-order valence-electron chi connectivity index (χ3n) is 3.38. The van der Waals surface area contributed by atoms with E-state index in [1.54, 1.807) is 0 Å². The summed E-state index contributed by atoms with van der Waals surface area (Å²) < 4.78 is 5.67. The average Bonchev–Trinajstić information content (AvgIpc) is 2.81. The number of rotatable bonds is 6. The number of hydrogen-bond donors (Lipinski definition) is 2. The second-order valence-corrected chi connectivity index (χ2v) is 5.98. The molecule has 1 unspecified atom stereocenters. The van der Waals surface area contributed by atoms with Crippen molar-refractivity contribution in [2.45, 2.75) is 39.3 Å². The van der Waals surface area contributed by atoms with Crippen molar-refractivity contribution < 1.29 is 9.84 Å². The predicted octanol–water partition coefficient (Wildman–Crippen LogP) is 2.77. The van der Waals surface area contributed by atoms with E-state index in [1.165, 1.54) is 5.56 Å². The lowest BCUT2D eigenvalue weighted by molar-refractivity contribution is 0.223. The molecule has 4 heteroatoms. The minimum Gasteiger partial charge on any atom is -0.493 e. The fourth-order valence-corrected chi connectivity index (χ4v) is 2.79. The molecule has 0 saturated carbocycles. The minimum absolute atomic E-state index is 0.121. The van der Waals surface area contributed by atoms with Gasteiger partial charge in [-0.25, -0.2) is 0 Å². The molecule has 2 rings (SSSR count). The van der Waals surface area contributed by atoms with Crippen molar-refractivity contribution in [3.05, 3.63) is 28.3 Å². The Labute approximate surface area is 119 Å². The van der Waals surface area contributed by atoms with E-state index in [9.17, 15) is 5.11 Å². The zero-order valence-electron chi connectivity index (χ0n) is 11.6. The Morgan fingerprint density at radius 1 is 1.42 bits per heavy atom. The number of halogens is 1. The predicted molar refractivity (Wildman–Crippen MR) is 77.8 cm³/mol. The first-order chi connectivity index (χ1) is 9.10. The molecule has 1 aliphatic heterocycles. The van der Waals surface area contributed by atoms with Gasteiger partial charge in [0.1, 0.15) is 5.75 Å². The Kier molecular flexibility index (Phi) is 5.08. The lowest BCUT2D eigenvalue weighted by Gasteiger charge is -2.19. The molecule has 1 atom stereocenters. The molecule has 106 valence electrons. The zero-order chi connectivity index (χ0) is 13.8. The molecule has 19 heavy (non-hydrogen) atoms. The van der Waals surface area contributed by atoms with Crippen LogP contribution in [-0.4, -0.2) is 24.4 Å². The van der Waals surface area contributed by atoms with Crippen molar-refractivity contribution in [2.75, 3.05) is 13.2 Å². The third-order valence-corrected chi connectivity index (χ3v) is 3.60. The van der Waals surface area contributed by atoms with E-state index in [0.29, 0.717) is 12.5 Å². The molecule has 0 saturated heterocycles. The summed E-state index contributed by atoms with van der Waals surface area (Å²) in [6.07, 6.45) is 1.89. The second-order valence-electron chi connectivity index (χ2n) is 5.54. The highest BCUT2D eigenvalue weighted by Gasteiger charge is 2.18. The standard InChI is InChI=1S/C15H22ClNO2/c1-10(2)5-14(9-18)17-8-12-7-13(16)6-11-3-4-19-15(11)12/h6-7,10,14,17-18H,3-5,8-9H2,1-2H3. The fourth-order valence-electron chi connectivity index (χ4n) is 2.52. The first-order valence-corrected chi connectivity index (χ1v) is 7.26. The summed E-state index contributed by atoms with van der Waals surface area (Å²) in [5.74, 6) is 1.53. The van der Waals surface area contributed by atoms with Crippen molar-refractivity contribution in [3.8, 4) is 5.75 Å². The van der Waals surface area contributed by atoms with Gasteiger partial charge in [0.2, 0.25) is 0 Å². The Morgan fingerprint density at radius 3 is 2.89 bits per heavy atom. The number of aliphatic hydroxyl groups excluding tert-OH is 1. The van der Waals surface area contributed by atoms with E-state index in [2.05, 4.69) is 19.2 Å².